The summed E-state index contributed by atoms with van der Waals surface area (Å²) in [7, 11) is 1.61. The highest BCUT2D eigenvalue weighted by Crippen LogP contribution is 2.37. The van der Waals surface area contributed by atoms with Gasteiger partial charge in [-0.15, -0.1) is 11.8 Å². The zero-order valence-electron chi connectivity index (χ0n) is 10.5. The van der Waals surface area contributed by atoms with Crippen LogP contribution in [0.15, 0.2) is 17.0 Å². The first-order chi connectivity index (χ1) is 8.46. The highest BCUT2D eigenvalue weighted by molar-refractivity contribution is 7.99. The average molecular weight is 267 g/mol. The number of thioether (sulfide) groups is 1. The molecule has 1 aliphatic heterocycles. The number of fused-ring (bicyclic) bond motifs is 1. The van der Waals surface area contributed by atoms with Gasteiger partial charge in [-0.2, -0.15) is 0 Å². The summed E-state index contributed by atoms with van der Waals surface area (Å²) in [6, 6.07) is 3.86. The van der Waals surface area contributed by atoms with Gasteiger partial charge in [0.25, 0.3) is 0 Å². The Kier molecular flexibility index (Phi) is 3.54. The summed E-state index contributed by atoms with van der Waals surface area (Å²) in [4.78, 5) is 12.5. The van der Waals surface area contributed by atoms with Crippen molar-refractivity contribution >= 4 is 17.7 Å². The van der Waals surface area contributed by atoms with E-state index in [1.54, 1.807) is 18.9 Å². The first-order valence-electron chi connectivity index (χ1n) is 5.79. The fraction of sp³-hybridized carbons (Fsp3) is 0.462. The second-order valence-corrected chi connectivity index (χ2v) is 5.77. The van der Waals surface area contributed by atoms with Crippen LogP contribution in [0, 0.1) is 6.92 Å². The lowest BCUT2D eigenvalue weighted by Gasteiger charge is -2.22. The van der Waals surface area contributed by atoms with Gasteiger partial charge >= 0.3 is 5.97 Å². The summed E-state index contributed by atoms with van der Waals surface area (Å²) in [5, 5.41) is 9.28. The highest BCUT2D eigenvalue weighted by Gasteiger charge is 2.36. The minimum Gasteiger partial charge on any atom is -0.497 e. The fourth-order valence-electron chi connectivity index (χ4n) is 2.21. The molecule has 0 amide bonds. The van der Waals surface area contributed by atoms with Crippen molar-refractivity contribution in [3.63, 3.8) is 0 Å². The number of benzene rings is 1. The van der Waals surface area contributed by atoms with Gasteiger partial charge in [-0.3, -0.25) is 4.79 Å². The molecule has 1 aromatic rings. The van der Waals surface area contributed by atoms with E-state index >= 15 is 0 Å². The molecule has 2 rings (SSSR count). The lowest BCUT2D eigenvalue weighted by molar-refractivity contribution is -0.143. The first-order valence-corrected chi connectivity index (χ1v) is 6.77. The van der Waals surface area contributed by atoms with E-state index in [9.17, 15) is 9.90 Å². The van der Waals surface area contributed by atoms with E-state index in [1.807, 2.05) is 19.1 Å². The second kappa shape index (κ2) is 4.82. The van der Waals surface area contributed by atoms with Crippen molar-refractivity contribution in [1.82, 2.24) is 0 Å². The number of hydrogen-bond acceptors (Lipinski definition) is 4. The van der Waals surface area contributed by atoms with Crippen LogP contribution < -0.4 is 10.5 Å². The quantitative estimate of drug-likeness (QED) is 0.855. The van der Waals surface area contributed by atoms with Gasteiger partial charge in [-0.1, -0.05) is 0 Å². The molecule has 4 nitrogen and oxygen atoms in total. The molecule has 1 atom stereocenters. The predicted octanol–water partition coefficient (Wildman–Crippen LogP) is 1.82. The molecule has 0 aromatic heterocycles. The number of nitrogens with two attached hydrogens (primary N) is 1. The van der Waals surface area contributed by atoms with Crippen molar-refractivity contribution in [3.05, 3.63) is 23.3 Å². The van der Waals surface area contributed by atoms with Crippen molar-refractivity contribution in [3.8, 4) is 5.75 Å². The summed E-state index contributed by atoms with van der Waals surface area (Å²) in [6.07, 6.45) is 0.826. The molecule has 1 aromatic carbocycles. The Morgan fingerprint density at radius 3 is 2.89 bits per heavy atom. The predicted molar refractivity (Wildman–Crippen MR) is 71.3 cm³/mol. The minimum absolute atomic E-state index is 0.350. The summed E-state index contributed by atoms with van der Waals surface area (Å²) < 4.78 is 5.23. The molecule has 0 saturated heterocycles. The molecule has 0 fully saturated rings. The molecule has 1 unspecified atom stereocenters. The van der Waals surface area contributed by atoms with E-state index in [0.29, 0.717) is 12.8 Å². The van der Waals surface area contributed by atoms with Crippen LogP contribution in [0.2, 0.25) is 0 Å². The SMILES string of the molecule is COc1cc(C)c2c(c1)CC(N)(C(=O)O)CCS2. The number of aliphatic carboxylic acids is 1. The van der Waals surface area contributed by atoms with Crippen molar-refractivity contribution < 1.29 is 14.6 Å². The Labute approximate surface area is 111 Å². The first kappa shape index (κ1) is 13.2. The summed E-state index contributed by atoms with van der Waals surface area (Å²) >= 11 is 1.68. The average Bonchev–Trinajstić information content (AvgIpc) is 2.48. The number of ether oxygens (including phenoxy) is 1. The van der Waals surface area contributed by atoms with Crippen molar-refractivity contribution in [2.75, 3.05) is 12.9 Å². The van der Waals surface area contributed by atoms with Gasteiger partial charge < -0.3 is 15.6 Å². The second-order valence-electron chi connectivity index (χ2n) is 4.67. The highest BCUT2D eigenvalue weighted by atomic mass is 32.2. The van der Waals surface area contributed by atoms with Crippen LogP contribution in [0.1, 0.15) is 17.5 Å². The normalized spacial score (nSPS) is 23.1. The van der Waals surface area contributed by atoms with Crippen LogP contribution in [-0.2, 0) is 11.2 Å². The van der Waals surface area contributed by atoms with Gasteiger partial charge in [-0.25, -0.2) is 0 Å². The number of carboxylic acid groups (broad SMARTS) is 1. The van der Waals surface area contributed by atoms with Gasteiger partial charge in [0, 0.05) is 17.1 Å². The van der Waals surface area contributed by atoms with Gasteiger partial charge in [0.1, 0.15) is 11.3 Å². The third-order valence-corrected chi connectivity index (χ3v) is 4.57. The van der Waals surface area contributed by atoms with Crippen molar-refractivity contribution in [2.45, 2.75) is 30.2 Å². The number of carboxylic acids is 1. The third kappa shape index (κ3) is 2.33. The van der Waals surface area contributed by atoms with E-state index in [4.69, 9.17) is 10.5 Å². The van der Waals surface area contributed by atoms with Gasteiger partial charge in [-0.05, 0) is 36.6 Å². The number of carbonyl (C=O) groups is 1. The molecule has 3 N–H and O–H groups in total. The van der Waals surface area contributed by atoms with E-state index < -0.39 is 11.5 Å². The summed E-state index contributed by atoms with van der Waals surface area (Å²) in [5.41, 5.74) is 6.92. The van der Waals surface area contributed by atoms with Crippen LogP contribution in [-0.4, -0.2) is 29.5 Å². The third-order valence-electron chi connectivity index (χ3n) is 3.29. The Morgan fingerprint density at radius 1 is 1.56 bits per heavy atom. The lowest BCUT2D eigenvalue weighted by Crippen LogP contribution is -2.50. The van der Waals surface area contributed by atoms with E-state index in [0.717, 1.165) is 27.5 Å². The van der Waals surface area contributed by atoms with E-state index in [1.165, 1.54) is 0 Å². The molecule has 5 heteroatoms. The molecule has 0 spiro atoms. The maximum Gasteiger partial charge on any atom is 0.324 e. The van der Waals surface area contributed by atoms with Crippen molar-refractivity contribution in [2.24, 2.45) is 5.73 Å². The molecular weight excluding hydrogens is 250 g/mol. The van der Waals surface area contributed by atoms with E-state index in [-0.39, 0.29) is 0 Å². The smallest absolute Gasteiger partial charge is 0.324 e. The Hall–Kier alpha value is -1.20. The molecular formula is C13H17NO3S. The van der Waals surface area contributed by atoms with Gasteiger partial charge in [0.15, 0.2) is 0 Å². The zero-order valence-corrected chi connectivity index (χ0v) is 11.3. The van der Waals surface area contributed by atoms with Crippen LogP contribution in [0.4, 0.5) is 0 Å². The Bertz CT molecular complexity index is 489. The number of methoxy groups -OCH3 is 1. The van der Waals surface area contributed by atoms with Crippen LogP contribution >= 0.6 is 11.8 Å². The molecule has 0 aliphatic carbocycles. The Balaban J connectivity index is 2.47. The monoisotopic (exact) mass is 267 g/mol. The maximum absolute atomic E-state index is 11.3. The summed E-state index contributed by atoms with van der Waals surface area (Å²) in [5.74, 6) is 0.543. The van der Waals surface area contributed by atoms with Crippen LogP contribution in [0.5, 0.6) is 5.75 Å². The summed E-state index contributed by atoms with van der Waals surface area (Å²) in [6.45, 7) is 2.01. The molecule has 1 heterocycles. The fourth-order valence-corrected chi connectivity index (χ4v) is 3.49. The van der Waals surface area contributed by atoms with E-state index in [2.05, 4.69) is 0 Å². The number of hydrogen-bond donors (Lipinski definition) is 2. The Morgan fingerprint density at radius 2 is 2.28 bits per heavy atom. The van der Waals surface area contributed by atoms with Gasteiger partial charge in [0.05, 0.1) is 7.11 Å². The number of rotatable bonds is 2. The van der Waals surface area contributed by atoms with Gasteiger partial charge in [0.2, 0.25) is 0 Å². The lowest BCUT2D eigenvalue weighted by atomic mass is 9.89. The van der Waals surface area contributed by atoms with Crippen LogP contribution in [0.3, 0.4) is 0 Å². The van der Waals surface area contributed by atoms with Crippen molar-refractivity contribution in [1.29, 1.82) is 0 Å². The molecule has 98 valence electrons. The van der Waals surface area contributed by atoms with Crippen LogP contribution in [0.25, 0.3) is 0 Å². The standard InChI is InChI=1S/C13H17NO3S/c1-8-5-10(17-2)6-9-7-13(14,12(15)16)3-4-18-11(8)9/h5-6H,3-4,7,14H2,1-2H3,(H,15,16). The molecule has 0 saturated carbocycles. The molecule has 18 heavy (non-hydrogen) atoms. The number of aryl methyl sites for hydroxylation is 1. The topological polar surface area (TPSA) is 72.5 Å². The zero-order chi connectivity index (χ0) is 13.3. The largest absolute Gasteiger partial charge is 0.497 e. The minimum atomic E-state index is -1.17. The maximum atomic E-state index is 11.3. The molecule has 0 bridgehead atoms. The molecule has 0 radical (unpaired) electrons. The molecule has 1 aliphatic rings.